The van der Waals surface area contributed by atoms with Gasteiger partial charge in [-0.3, -0.25) is 14.3 Å². The third-order valence-electron chi connectivity index (χ3n) is 2.35. The summed E-state index contributed by atoms with van der Waals surface area (Å²) in [5.74, 6) is -0.439. The van der Waals surface area contributed by atoms with Crippen LogP contribution in [-0.4, -0.2) is 55.3 Å². The molecule has 2 aromatic heterocycles. The Morgan fingerprint density at radius 2 is 2.30 bits per heavy atom. The number of rotatable bonds is 7. The average molecular weight is 295 g/mol. The number of aliphatic carboxylic acids is 1. The van der Waals surface area contributed by atoms with Gasteiger partial charge in [-0.15, -0.1) is 10.2 Å². The van der Waals surface area contributed by atoms with Crippen LogP contribution in [0.25, 0.3) is 11.5 Å². The highest BCUT2D eigenvalue weighted by atomic mass is 32.2. The molecule has 0 unspecified atom stereocenters. The zero-order chi connectivity index (χ0) is 14.4. The summed E-state index contributed by atoms with van der Waals surface area (Å²) in [7, 11) is 1.59. The molecule has 0 bridgehead atoms. The lowest BCUT2D eigenvalue weighted by molar-refractivity contribution is -0.133. The molecule has 0 spiro atoms. The number of carboxylic acids is 1. The second-order valence-electron chi connectivity index (χ2n) is 3.72. The maximum Gasteiger partial charge on any atom is 0.313 e. The minimum atomic E-state index is -0.905. The minimum Gasteiger partial charge on any atom is -0.481 e. The molecule has 9 heteroatoms. The molecule has 0 atom stereocenters. The Morgan fingerprint density at radius 1 is 1.45 bits per heavy atom. The second kappa shape index (κ2) is 6.96. The van der Waals surface area contributed by atoms with Crippen molar-refractivity contribution in [3.63, 3.8) is 0 Å². The molecule has 0 radical (unpaired) electrons. The average Bonchev–Trinajstić information content (AvgIpc) is 2.86. The van der Waals surface area contributed by atoms with Crippen LogP contribution in [0.15, 0.2) is 23.7 Å². The fourth-order valence-corrected chi connectivity index (χ4v) is 2.19. The number of ether oxygens (including phenoxy) is 1. The summed E-state index contributed by atoms with van der Waals surface area (Å²) >= 11 is 1.11. The standard InChI is InChI=1S/C11H13N5O3S/c1-19-5-4-16-10(8-6-12-2-3-13-8)14-15-11(16)20-7-9(17)18/h2-3,6H,4-5,7H2,1H3,(H,17,18). The van der Waals surface area contributed by atoms with Crippen molar-refractivity contribution in [1.82, 2.24) is 24.7 Å². The van der Waals surface area contributed by atoms with E-state index in [4.69, 9.17) is 9.84 Å². The van der Waals surface area contributed by atoms with E-state index in [0.29, 0.717) is 29.8 Å². The number of hydrogen-bond acceptors (Lipinski definition) is 7. The summed E-state index contributed by atoms with van der Waals surface area (Å²) in [6.45, 7) is 0.975. The Bertz CT molecular complexity index is 575. The van der Waals surface area contributed by atoms with E-state index >= 15 is 0 Å². The van der Waals surface area contributed by atoms with E-state index in [-0.39, 0.29) is 5.75 Å². The molecule has 1 N–H and O–H groups in total. The predicted octanol–water partition coefficient (Wildman–Crippen LogP) is 0.558. The number of aromatic nitrogens is 5. The molecule has 0 aliphatic rings. The molecule has 0 aliphatic heterocycles. The van der Waals surface area contributed by atoms with Crippen LogP contribution in [0.4, 0.5) is 0 Å². The van der Waals surface area contributed by atoms with E-state index in [0.717, 1.165) is 11.8 Å². The third kappa shape index (κ3) is 3.52. The summed E-state index contributed by atoms with van der Waals surface area (Å²) in [6.07, 6.45) is 4.72. The normalized spacial score (nSPS) is 10.7. The Morgan fingerprint density at radius 3 is 2.95 bits per heavy atom. The molecule has 2 aromatic rings. The quantitative estimate of drug-likeness (QED) is 0.739. The molecule has 0 aliphatic carbocycles. The number of thioether (sulfide) groups is 1. The molecule has 20 heavy (non-hydrogen) atoms. The highest BCUT2D eigenvalue weighted by Gasteiger charge is 2.16. The number of methoxy groups -OCH3 is 1. The fourth-order valence-electron chi connectivity index (χ4n) is 1.51. The smallest absolute Gasteiger partial charge is 0.313 e. The maximum absolute atomic E-state index is 10.6. The van der Waals surface area contributed by atoms with Gasteiger partial charge in [0, 0.05) is 19.5 Å². The van der Waals surface area contributed by atoms with Gasteiger partial charge in [0.15, 0.2) is 11.0 Å². The Balaban J connectivity index is 2.29. The Kier molecular flexibility index (Phi) is 5.02. The van der Waals surface area contributed by atoms with Gasteiger partial charge < -0.3 is 9.84 Å². The van der Waals surface area contributed by atoms with E-state index in [1.54, 1.807) is 30.3 Å². The third-order valence-corrected chi connectivity index (χ3v) is 3.30. The molecule has 106 valence electrons. The molecule has 0 aromatic carbocycles. The van der Waals surface area contributed by atoms with Crippen LogP contribution in [0, 0.1) is 0 Å². The van der Waals surface area contributed by atoms with E-state index in [1.165, 1.54) is 0 Å². The van der Waals surface area contributed by atoms with Crippen molar-refractivity contribution < 1.29 is 14.6 Å². The van der Waals surface area contributed by atoms with Gasteiger partial charge in [0.2, 0.25) is 0 Å². The van der Waals surface area contributed by atoms with E-state index < -0.39 is 5.97 Å². The lowest BCUT2D eigenvalue weighted by atomic mass is 10.4. The van der Waals surface area contributed by atoms with Crippen molar-refractivity contribution in [2.75, 3.05) is 19.5 Å². The van der Waals surface area contributed by atoms with Crippen molar-refractivity contribution >= 4 is 17.7 Å². The summed E-state index contributed by atoms with van der Waals surface area (Å²) < 4.78 is 6.83. The number of nitrogens with zero attached hydrogens (tertiary/aromatic N) is 5. The fraction of sp³-hybridized carbons (Fsp3) is 0.364. The number of hydrogen-bond donors (Lipinski definition) is 1. The zero-order valence-electron chi connectivity index (χ0n) is 10.8. The molecular formula is C11H13N5O3S. The summed E-state index contributed by atoms with van der Waals surface area (Å²) in [6, 6.07) is 0. The molecule has 0 saturated carbocycles. The molecule has 0 saturated heterocycles. The van der Waals surface area contributed by atoms with Gasteiger partial charge in [-0.05, 0) is 0 Å². The van der Waals surface area contributed by atoms with Gasteiger partial charge >= 0.3 is 5.97 Å². The first-order valence-corrected chi connectivity index (χ1v) is 6.74. The molecule has 2 rings (SSSR count). The van der Waals surface area contributed by atoms with Crippen LogP contribution >= 0.6 is 11.8 Å². The zero-order valence-corrected chi connectivity index (χ0v) is 11.6. The minimum absolute atomic E-state index is 0.0778. The van der Waals surface area contributed by atoms with Crippen LogP contribution in [0.5, 0.6) is 0 Å². The summed E-state index contributed by atoms with van der Waals surface area (Å²) in [5.41, 5.74) is 0.582. The lowest BCUT2D eigenvalue weighted by Gasteiger charge is -2.08. The Labute approximate surface area is 119 Å². The van der Waals surface area contributed by atoms with Crippen LogP contribution in [0.1, 0.15) is 0 Å². The van der Waals surface area contributed by atoms with Crippen LogP contribution < -0.4 is 0 Å². The lowest BCUT2D eigenvalue weighted by Crippen LogP contribution is -2.09. The van der Waals surface area contributed by atoms with Gasteiger partial charge in [-0.1, -0.05) is 11.8 Å². The number of carboxylic acid groups (broad SMARTS) is 1. The highest BCUT2D eigenvalue weighted by molar-refractivity contribution is 7.99. The van der Waals surface area contributed by atoms with Crippen LogP contribution in [0.3, 0.4) is 0 Å². The van der Waals surface area contributed by atoms with Gasteiger partial charge in [0.25, 0.3) is 0 Å². The van der Waals surface area contributed by atoms with Crippen LogP contribution in [-0.2, 0) is 16.1 Å². The summed E-state index contributed by atoms with van der Waals surface area (Å²) in [4.78, 5) is 18.8. The van der Waals surface area contributed by atoms with Crippen molar-refractivity contribution in [3.8, 4) is 11.5 Å². The van der Waals surface area contributed by atoms with Gasteiger partial charge in [-0.25, -0.2) is 4.98 Å². The van der Waals surface area contributed by atoms with E-state index in [9.17, 15) is 4.79 Å². The Hall–Kier alpha value is -2.00. The first kappa shape index (κ1) is 14.4. The first-order chi connectivity index (χ1) is 9.72. The largest absolute Gasteiger partial charge is 0.481 e. The molecule has 2 heterocycles. The number of carbonyl (C=O) groups is 1. The molecule has 0 amide bonds. The van der Waals surface area contributed by atoms with Crippen LogP contribution in [0.2, 0.25) is 0 Å². The van der Waals surface area contributed by atoms with Crippen molar-refractivity contribution in [3.05, 3.63) is 18.6 Å². The van der Waals surface area contributed by atoms with Gasteiger partial charge in [0.05, 0.1) is 25.1 Å². The first-order valence-electron chi connectivity index (χ1n) is 5.75. The predicted molar refractivity (Wildman–Crippen MR) is 71.3 cm³/mol. The van der Waals surface area contributed by atoms with Crippen molar-refractivity contribution in [2.45, 2.75) is 11.7 Å². The summed E-state index contributed by atoms with van der Waals surface area (Å²) in [5, 5.41) is 17.3. The topological polar surface area (TPSA) is 103 Å². The maximum atomic E-state index is 10.6. The molecule has 0 fully saturated rings. The highest BCUT2D eigenvalue weighted by Crippen LogP contribution is 2.22. The molecular weight excluding hydrogens is 282 g/mol. The molecule has 8 nitrogen and oxygen atoms in total. The van der Waals surface area contributed by atoms with E-state index in [1.807, 2.05) is 0 Å². The second-order valence-corrected chi connectivity index (χ2v) is 4.67. The SMILES string of the molecule is COCCn1c(SCC(=O)O)nnc1-c1cnccn1. The van der Waals surface area contributed by atoms with Crippen molar-refractivity contribution in [1.29, 1.82) is 0 Å². The van der Waals surface area contributed by atoms with Crippen molar-refractivity contribution in [2.24, 2.45) is 0 Å². The monoisotopic (exact) mass is 295 g/mol. The van der Waals surface area contributed by atoms with Gasteiger partial charge in [-0.2, -0.15) is 0 Å². The van der Waals surface area contributed by atoms with E-state index in [2.05, 4.69) is 20.2 Å². The van der Waals surface area contributed by atoms with Gasteiger partial charge in [0.1, 0.15) is 5.69 Å².